The highest BCUT2D eigenvalue weighted by molar-refractivity contribution is 9.10. The predicted molar refractivity (Wildman–Crippen MR) is 128 cm³/mol. The molecule has 2 N–H and O–H groups in total. The number of thiocarbonyl (C=S) groups is 1. The SMILES string of the molecule is S=C(NCc1ccccc1)N/N=C\c1ccc(OCCOc2ccc(Br)cc2)cc1. The summed E-state index contributed by atoms with van der Waals surface area (Å²) < 4.78 is 12.4. The van der Waals surface area contributed by atoms with E-state index in [1.54, 1.807) is 6.21 Å². The first kappa shape index (κ1) is 21.8. The summed E-state index contributed by atoms with van der Waals surface area (Å²) in [5.41, 5.74) is 4.91. The van der Waals surface area contributed by atoms with Gasteiger partial charge in [-0.2, -0.15) is 5.10 Å². The van der Waals surface area contributed by atoms with Crippen LogP contribution in [0.2, 0.25) is 0 Å². The lowest BCUT2D eigenvalue weighted by Crippen LogP contribution is -2.31. The van der Waals surface area contributed by atoms with E-state index < -0.39 is 0 Å². The Labute approximate surface area is 190 Å². The maximum atomic E-state index is 5.70. The first-order valence-electron chi connectivity index (χ1n) is 9.41. The van der Waals surface area contributed by atoms with Crippen LogP contribution in [0.1, 0.15) is 11.1 Å². The van der Waals surface area contributed by atoms with Crippen LogP contribution in [-0.4, -0.2) is 24.5 Å². The molecule has 0 unspecified atom stereocenters. The number of halogens is 1. The van der Waals surface area contributed by atoms with Gasteiger partial charge in [-0.1, -0.05) is 46.3 Å². The molecule has 154 valence electrons. The molecule has 0 atom stereocenters. The standard InChI is InChI=1S/C23H22BrN3O2S/c24-20-8-12-22(13-9-20)29-15-14-28-21-10-6-19(7-11-21)17-26-27-23(30)25-16-18-4-2-1-3-5-18/h1-13,17H,14-16H2,(H2,25,27,30)/b26-17-. The number of rotatable bonds is 9. The van der Waals surface area contributed by atoms with Crippen LogP contribution in [0, 0.1) is 0 Å². The fourth-order valence-electron chi connectivity index (χ4n) is 2.48. The molecule has 30 heavy (non-hydrogen) atoms. The molecular formula is C23H22BrN3O2S. The van der Waals surface area contributed by atoms with Gasteiger partial charge in [0.05, 0.1) is 6.21 Å². The van der Waals surface area contributed by atoms with Crippen LogP contribution in [0.3, 0.4) is 0 Å². The zero-order valence-corrected chi connectivity index (χ0v) is 18.7. The first-order chi connectivity index (χ1) is 14.7. The predicted octanol–water partition coefficient (Wildman–Crippen LogP) is 4.91. The topological polar surface area (TPSA) is 54.9 Å². The summed E-state index contributed by atoms with van der Waals surface area (Å²) in [7, 11) is 0. The van der Waals surface area contributed by atoms with Crippen LogP contribution in [0.5, 0.6) is 11.5 Å². The molecule has 3 aromatic carbocycles. The number of ether oxygens (including phenoxy) is 2. The second-order valence-electron chi connectivity index (χ2n) is 6.26. The van der Waals surface area contributed by atoms with Gasteiger partial charge < -0.3 is 14.8 Å². The molecule has 0 saturated heterocycles. The smallest absolute Gasteiger partial charge is 0.187 e. The van der Waals surface area contributed by atoms with Crippen molar-refractivity contribution in [3.63, 3.8) is 0 Å². The van der Waals surface area contributed by atoms with E-state index in [1.165, 1.54) is 0 Å². The number of nitrogens with zero attached hydrogens (tertiary/aromatic N) is 1. The van der Waals surface area contributed by atoms with Crippen molar-refractivity contribution >= 4 is 39.5 Å². The van der Waals surface area contributed by atoms with Crippen molar-refractivity contribution in [3.8, 4) is 11.5 Å². The molecule has 0 heterocycles. The summed E-state index contributed by atoms with van der Waals surface area (Å²) in [6.07, 6.45) is 1.71. The molecule has 0 aliphatic heterocycles. The van der Waals surface area contributed by atoms with Crippen molar-refractivity contribution in [1.29, 1.82) is 0 Å². The minimum Gasteiger partial charge on any atom is -0.490 e. The van der Waals surface area contributed by atoms with Crippen molar-refractivity contribution < 1.29 is 9.47 Å². The van der Waals surface area contributed by atoms with Crippen molar-refractivity contribution in [2.75, 3.05) is 13.2 Å². The van der Waals surface area contributed by atoms with Crippen molar-refractivity contribution in [3.05, 3.63) is 94.5 Å². The van der Waals surface area contributed by atoms with Crippen LogP contribution in [-0.2, 0) is 6.54 Å². The molecule has 0 aliphatic carbocycles. The fraction of sp³-hybridized carbons (Fsp3) is 0.130. The molecule has 0 aromatic heterocycles. The highest BCUT2D eigenvalue weighted by Crippen LogP contribution is 2.16. The normalized spacial score (nSPS) is 10.6. The molecule has 5 nitrogen and oxygen atoms in total. The van der Waals surface area contributed by atoms with Gasteiger partial charge in [-0.3, -0.25) is 5.43 Å². The first-order valence-corrected chi connectivity index (χ1v) is 10.6. The Morgan fingerprint density at radius 1 is 0.867 bits per heavy atom. The average molecular weight is 484 g/mol. The molecular weight excluding hydrogens is 462 g/mol. The maximum Gasteiger partial charge on any atom is 0.187 e. The molecule has 7 heteroatoms. The highest BCUT2D eigenvalue weighted by Gasteiger charge is 1.98. The van der Waals surface area contributed by atoms with E-state index in [2.05, 4.69) is 31.8 Å². The van der Waals surface area contributed by atoms with Gasteiger partial charge in [0, 0.05) is 11.0 Å². The zero-order chi connectivity index (χ0) is 21.0. The number of hydrogen-bond acceptors (Lipinski definition) is 4. The van der Waals surface area contributed by atoms with E-state index in [-0.39, 0.29) is 0 Å². The summed E-state index contributed by atoms with van der Waals surface area (Å²) in [4.78, 5) is 0. The quantitative estimate of drug-likeness (QED) is 0.196. The molecule has 0 radical (unpaired) electrons. The van der Waals surface area contributed by atoms with Crippen LogP contribution < -0.4 is 20.2 Å². The molecule has 0 bridgehead atoms. The Bertz CT molecular complexity index is 948. The number of hydrazone groups is 1. The second-order valence-corrected chi connectivity index (χ2v) is 7.58. The fourth-order valence-corrected chi connectivity index (χ4v) is 2.87. The number of benzene rings is 3. The Kier molecular flexibility index (Phi) is 8.68. The summed E-state index contributed by atoms with van der Waals surface area (Å²) in [6, 6.07) is 25.4. The third-order valence-electron chi connectivity index (χ3n) is 3.99. The number of hydrogen-bond donors (Lipinski definition) is 2. The van der Waals surface area contributed by atoms with Gasteiger partial charge in [-0.25, -0.2) is 0 Å². The molecule has 0 fully saturated rings. The lowest BCUT2D eigenvalue weighted by atomic mass is 10.2. The molecule has 3 rings (SSSR count). The van der Waals surface area contributed by atoms with Gasteiger partial charge in [0.15, 0.2) is 5.11 Å². The lowest BCUT2D eigenvalue weighted by molar-refractivity contribution is 0.217. The van der Waals surface area contributed by atoms with E-state index in [4.69, 9.17) is 21.7 Å². The molecule has 0 saturated carbocycles. The van der Waals surface area contributed by atoms with E-state index in [1.807, 2.05) is 78.9 Å². The molecule has 0 amide bonds. The Balaban J connectivity index is 1.34. The third-order valence-corrected chi connectivity index (χ3v) is 4.75. The van der Waals surface area contributed by atoms with E-state index >= 15 is 0 Å². The van der Waals surface area contributed by atoms with Crippen LogP contribution in [0.15, 0.2) is 88.4 Å². The van der Waals surface area contributed by atoms with Gasteiger partial charge in [0.25, 0.3) is 0 Å². The van der Waals surface area contributed by atoms with Crippen LogP contribution in [0.4, 0.5) is 0 Å². The van der Waals surface area contributed by atoms with E-state index in [0.29, 0.717) is 24.9 Å². The highest BCUT2D eigenvalue weighted by atomic mass is 79.9. The lowest BCUT2D eigenvalue weighted by Gasteiger charge is -2.09. The average Bonchev–Trinajstić information content (AvgIpc) is 2.78. The van der Waals surface area contributed by atoms with Gasteiger partial charge in [-0.15, -0.1) is 0 Å². The summed E-state index contributed by atoms with van der Waals surface area (Å²) in [5, 5.41) is 7.74. The largest absolute Gasteiger partial charge is 0.490 e. The minimum atomic E-state index is 0.465. The minimum absolute atomic E-state index is 0.465. The van der Waals surface area contributed by atoms with Crippen molar-refractivity contribution in [2.24, 2.45) is 5.10 Å². The summed E-state index contributed by atoms with van der Waals surface area (Å²) in [5.74, 6) is 1.59. The Morgan fingerprint density at radius 2 is 1.47 bits per heavy atom. The third kappa shape index (κ3) is 7.85. The summed E-state index contributed by atoms with van der Waals surface area (Å²) >= 11 is 8.62. The second kappa shape index (κ2) is 11.9. The van der Waals surface area contributed by atoms with Crippen molar-refractivity contribution in [1.82, 2.24) is 10.7 Å². The van der Waals surface area contributed by atoms with Crippen molar-refractivity contribution in [2.45, 2.75) is 6.54 Å². The van der Waals surface area contributed by atoms with Gasteiger partial charge in [0.1, 0.15) is 24.7 Å². The molecule has 3 aromatic rings. The van der Waals surface area contributed by atoms with Gasteiger partial charge in [-0.05, 0) is 71.9 Å². The van der Waals surface area contributed by atoms with E-state index in [0.717, 1.165) is 27.1 Å². The van der Waals surface area contributed by atoms with E-state index in [9.17, 15) is 0 Å². The van der Waals surface area contributed by atoms with Crippen LogP contribution >= 0.6 is 28.1 Å². The summed E-state index contributed by atoms with van der Waals surface area (Å²) in [6.45, 7) is 1.59. The molecule has 0 spiro atoms. The monoisotopic (exact) mass is 483 g/mol. The molecule has 0 aliphatic rings. The van der Waals surface area contributed by atoms with Crippen LogP contribution in [0.25, 0.3) is 0 Å². The maximum absolute atomic E-state index is 5.70. The number of nitrogens with one attached hydrogen (secondary N) is 2. The zero-order valence-electron chi connectivity index (χ0n) is 16.3. The Hall–Kier alpha value is -2.90. The Morgan fingerprint density at radius 3 is 2.10 bits per heavy atom. The van der Waals surface area contributed by atoms with Gasteiger partial charge >= 0.3 is 0 Å². The van der Waals surface area contributed by atoms with Gasteiger partial charge in [0.2, 0.25) is 0 Å².